The number of morpholine rings is 1. The average Bonchev–Trinajstić information content (AvgIpc) is 2.54. The maximum Gasteiger partial charge on any atom is 0.253 e. The maximum atomic E-state index is 12.3. The Hall–Kier alpha value is -1.66. The number of carbonyl (C=O) groups is 1. The smallest absolute Gasteiger partial charge is 0.253 e. The molecule has 0 bridgehead atoms. The third-order valence-corrected chi connectivity index (χ3v) is 4.34. The van der Waals surface area contributed by atoms with Gasteiger partial charge in [0.1, 0.15) is 0 Å². The Morgan fingerprint density at radius 2 is 1.96 bits per heavy atom. The van der Waals surface area contributed by atoms with Crippen LogP contribution in [-0.4, -0.2) is 53.8 Å². The Balaban J connectivity index is 2.03. The van der Waals surface area contributed by atoms with Crippen LogP contribution < -0.4 is 10.9 Å². The number of amides is 1. The summed E-state index contributed by atoms with van der Waals surface area (Å²) in [6.45, 7) is 10.6. The molecule has 0 atom stereocenters. The normalized spacial score (nSPS) is 16.3. The lowest BCUT2D eigenvalue weighted by Gasteiger charge is -2.27. The molecule has 0 unspecified atom stereocenters. The summed E-state index contributed by atoms with van der Waals surface area (Å²) in [7, 11) is 0. The highest BCUT2D eigenvalue weighted by molar-refractivity contribution is 5.94. The first-order valence-electron chi connectivity index (χ1n) is 8.24. The Morgan fingerprint density at radius 3 is 2.61 bits per heavy atom. The van der Waals surface area contributed by atoms with Crippen LogP contribution in [0.5, 0.6) is 0 Å². The third kappa shape index (κ3) is 5.18. The number of aromatic nitrogens is 1. The zero-order valence-corrected chi connectivity index (χ0v) is 14.3. The van der Waals surface area contributed by atoms with Crippen molar-refractivity contribution in [2.75, 3.05) is 32.8 Å². The quantitative estimate of drug-likeness (QED) is 0.852. The first-order chi connectivity index (χ1) is 10.9. The molecule has 1 amide bonds. The molecular formula is C17H27N3O3. The van der Waals surface area contributed by atoms with E-state index in [1.807, 2.05) is 20.8 Å². The van der Waals surface area contributed by atoms with Crippen LogP contribution in [0.25, 0.3) is 0 Å². The van der Waals surface area contributed by atoms with Crippen molar-refractivity contribution < 1.29 is 9.53 Å². The molecule has 1 saturated heterocycles. The Bertz CT molecular complexity index is 589. The zero-order valence-electron chi connectivity index (χ0n) is 14.3. The topological polar surface area (TPSA) is 63.6 Å². The lowest BCUT2D eigenvalue weighted by atomic mass is 10.0. The van der Waals surface area contributed by atoms with Crippen molar-refractivity contribution in [1.29, 1.82) is 0 Å². The van der Waals surface area contributed by atoms with E-state index in [1.54, 1.807) is 16.8 Å². The minimum atomic E-state index is -0.258. The van der Waals surface area contributed by atoms with Crippen LogP contribution in [0, 0.1) is 0 Å². The van der Waals surface area contributed by atoms with Gasteiger partial charge in [-0.3, -0.25) is 14.5 Å². The summed E-state index contributed by atoms with van der Waals surface area (Å²) < 4.78 is 6.93. The molecule has 1 aliphatic heterocycles. The van der Waals surface area contributed by atoms with Gasteiger partial charge in [-0.25, -0.2) is 0 Å². The van der Waals surface area contributed by atoms with Crippen LogP contribution in [0.1, 0.15) is 37.6 Å². The molecule has 23 heavy (non-hydrogen) atoms. The lowest BCUT2D eigenvalue weighted by Crippen LogP contribution is -2.43. The Morgan fingerprint density at radius 1 is 1.26 bits per heavy atom. The molecule has 6 nitrogen and oxygen atoms in total. The SMILES string of the molecule is CCC(C)(C)NC(=O)c1ccc(=O)n(CCN2CCOCC2)c1. The number of nitrogens with zero attached hydrogens (tertiary/aromatic N) is 2. The van der Waals surface area contributed by atoms with Crippen molar-refractivity contribution in [2.45, 2.75) is 39.3 Å². The molecule has 6 heteroatoms. The van der Waals surface area contributed by atoms with Crippen LogP contribution in [-0.2, 0) is 11.3 Å². The van der Waals surface area contributed by atoms with Crippen molar-refractivity contribution in [3.63, 3.8) is 0 Å². The summed E-state index contributed by atoms with van der Waals surface area (Å²) in [6, 6.07) is 3.06. The molecule has 1 aliphatic rings. The van der Waals surface area contributed by atoms with E-state index in [9.17, 15) is 9.59 Å². The van der Waals surface area contributed by atoms with E-state index >= 15 is 0 Å². The number of ether oxygens (including phenoxy) is 1. The minimum Gasteiger partial charge on any atom is -0.379 e. The van der Waals surface area contributed by atoms with Gasteiger partial charge >= 0.3 is 0 Å². The molecule has 0 aromatic carbocycles. The van der Waals surface area contributed by atoms with Gasteiger partial charge in [-0.05, 0) is 26.3 Å². The van der Waals surface area contributed by atoms with E-state index in [-0.39, 0.29) is 17.0 Å². The van der Waals surface area contributed by atoms with Gasteiger partial charge < -0.3 is 14.6 Å². The minimum absolute atomic E-state index is 0.0791. The summed E-state index contributed by atoms with van der Waals surface area (Å²) in [5.41, 5.74) is 0.184. The molecule has 0 radical (unpaired) electrons. The second-order valence-corrected chi connectivity index (χ2v) is 6.59. The van der Waals surface area contributed by atoms with Crippen LogP contribution in [0.2, 0.25) is 0 Å². The second kappa shape index (κ2) is 7.75. The summed E-state index contributed by atoms with van der Waals surface area (Å²) in [6.07, 6.45) is 2.50. The molecule has 0 saturated carbocycles. The first-order valence-corrected chi connectivity index (χ1v) is 8.24. The van der Waals surface area contributed by atoms with Gasteiger partial charge in [0.2, 0.25) is 0 Å². The van der Waals surface area contributed by atoms with Gasteiger partial charge in [0.25, 0.3) is 11.5 Å². The Labute approximate surface area is 137 Å². The van der Waals surface area contributed by atoms with E-state index in [4.69, 9.17) is 4.74 Å². The molecule has 0 spiro atoms. The van der Waals surface area contributed by atoms with Crippen molar-refractivity contribution >= 4 is 5.91 Å². The van der Waals surface area contributed by atoms with Gasteiger partial charge in [0, 0.05) is 44.0 Å². The first kappa shape index (κ1) is 17.7. The van der Waals surface area contributed by atoms with E-state index < -0.39 is 0 Å². The molecule has 128 valence electrons. The fourth-order valence-electron chi connectivity index (χ4n) is 2.38. The monoisotopic (exact) mass is 321 g/mol. The predicted octanol–water partition coefficient (Wildman–Crippen LogP) is 1.10. The van der Waals surface area contributed by atoms with Crippen LogP contribution in [0.15, 0.2) is 23.1 Å². The van der Waals surface area contributed by atoms with Gasteiger partial charge in [0.15, 0.2) is 0 Å². The molecule has 2 heterocycles. The molecule has 1 fully saturated rings. The second-order valence-electron chi connectivity index (χ2n) is 6.59. The standard InChI is InChI=1S/C17H27N3O3/c1-4-17(2,3)18-16(22)14-5-6-15(21)20(13-14)8-7-19-9-11-23-12-10-19/h5-6,13H,4,7-12H2,1-3H3,(H,18,22). The molecule has 2 rings (SSSR count). The van der Waals surface area contributed by atoms with Gasteiger partial charge in [0.05, 0.1) is 18.8 Å². The number of hydrogen-bond donors (Lipinski definition) is 1. The third-order valence-electron chi connectivity index (χ3n) is 4.34. The summed E-state index contributed by atoms with van der Waals surface area (Å²) in [5, 5.41) is 2.99. The fourth-order valence-corrected chi connectivity index (χ4v) is 2.38. The van der Waals surface area contributed by atoms with E-state index in [2.05, 4.69) is 10.2 Å². The zero-order chi connectivity index (χ0) is 16.9. The Kier molecular flexibility index (Phi) is 5.96. The summed E-state index contributed by atoms with van der Waals surface area (Å²) in [4.78, 5) is 26.6. The van der Waals surface area contributed by atoms with Crippen LogP contribution >= 0.6 is 0 Å². The van der Waals surface area contributed by atoms with Gasteiger partial charge in [-0.2, -0.15) is 0 Å². The average molecular weight is 321 g/mol. The number of rotatable bonds is 6. The van der Waals surface area contributed by atoms with Crippen LogP contribution in [0.4, 0.5) is 0 Å². The molecule has 1 aromatic rings. The van der Waals surface area contributed by atoms with Gasteiger partial charge in [-0.1, -0.05) is 6.92 Å². The molecular weight excluding hydrogens is 294 g/mol. The van der Waals surface area contributed by atoms with Crippen LogP contribution in [0.3, 0.4) is 0 Å². The van der Waals surface area contributed by atoms with Crippen molar-refractivity contribution in [2.24, 2.45) is 0 Å². The highest BCUT2D eigenvalue weighted by Gasteiger charge is 2.19. The van der Waals surface area contributed by atoms with Crippen molar-refractivity contribution in [3.8, 4) is 0 Å². The highest BCUT2D eigenvalue weighted by Crippen LogP contribution is 2.09. The fraction of sp³-hybridized carbons (Fsp3) is 0.647. The molecule has 1 N–H and O–H groups in total. The summed E-state index contributed by atoms with van der Waals surface area (Å²) >= 11 is 0. The summed E-state index contributed by atoms with van der Waals surface area (Å²) in [5.74, 6) is -0.142. The van der Waals surface area contributed by atoms with Crippen molar-refractivity contribution in [3.05, 3.63) is 34.2 Å². The van der Waals surface area contributed by atoms with E-state index in [0.717, 1.165) is 39.3 Å². The van der Waals surface area contributed by atoms with Gasteiger partial charge in [-0.15, -0.1) is 0 Å². The number of hydrogen-bond acceptors (Lipinski definition) is 4. The largest absolute Gasteiger partial charge is 0.379 e. The maximum absolute atomic E-state index is 12.3. The van der Waals surface area contributed by atoms with E-state index in [1.165, 1.54) is 6.07 Å². The predicted molar refractivity (Wildman–Crippen MR) is 89.8 cm³/mol. The number of pyridine rings is 1. The van der Waals surface area contributed by atoms with Crippen molar-refractivity contribution in [1.82, 2.24) is 14.8 Å². The number of nitrogens with one attached hydrogen (secondary N) is 1. The highest BCUT2D eigenvalue weighted by atomic mass is 16.5. The molecule has 0 aliphatic carbocycles. The lowest BCUT2D eigenvalue weighted by molar-refractivity contribution is 0.0363. The molecule has 1 aromatic heterocycles. The van der Waals surface area contributed by atoms with E-state index in [0.29, 0.717) is 12.1 Å². The number of carbonyl (C=O) groups excluding carboxylic acids is 1.